The minimum absolute atomic E-state index is 0.0288. The van der Waals surface area contributed by atoms with Gasteiger partial charge in [0.15, 0.2) is 0 Å². The van der Waals surface area contributed by atoms with Crippen LogP contribution in [0.5, 0.6) is 0 Å². The summed E-state index contributed by atoms with van der Waals surface area (Å²) in [6, 6.07) is -0.608. The summed E-state index contributed by atoms with van der Waals surface area (Å²) in [5.41, 5.74) is 5.32. The van der Waals surface area contributed by atoms with E-state index in [1.165, 1.54) is 0 Å². The molecular weight excluding hydrogens is 234 g/mol. The van der Waals surface area contributed by atoms with Crippen molar-refractivity contribution in [2.45, 2.75) is 19.4 Å². The summed E-state index contributed by atoms with van der Waals surface area (Å²) in [5, 5.41) is 3.25. The van der Waals surface area contributed by atoms with Crippen LogP contribution >= 0.6 is 0 Å². The van der Waals surface area contributed by atoms with Crippen molar-refractivity contribution in [3.05, 3.63) is 0 Å². The Labute approximate surface area is 107 Å². The monoisotopic (exact) mass is 255 g/mol. The molecule has 0 aromatic rings. The second-order valence-electron chi connectivity index (χ2n) is 5.22. The van der Waals surface area contributed by atoms with E-state index in [-0.39, 0.29) is 18.4 Å². The van der Waals surface area contributed by atoms with Crippen LogP contribution in [-0.4, -0.2) is 55.6 Å². The summed E-state index contributed by atoms with van der Waals surface area (Å²) in [5.74, 6) is -0.0181. The van der Waals surface area contributed by atoms with Crippen LogP contribution in [0.1, 0.15) is 13.3 Å². The Bertz CT molecular complexity index is 335. The maximum atomic E-state index is 12.4. The molecule has 0 aromatic carbocycles. The van der Waals surface area contributed by atoms with Crippen molar-refractivity contribution >= 4 is 11.8 Å². The standard InChI is InChI=1S/C12H21N3O3/c1-8-4-9(6-14-5-8)12(17)15-2-3-18-7-10(15)11(13)16/h8-10,14H,2-7H2,1H3,(H2,13,16). The fraction of sp³-hybridized carbons (Fsp3) is 0.833. The van der Waals surface area contributed by atoms with Gasteiger partial charge in [-0.3, -0.25) is 9.59 Å². The van der Waals surface area contributed by atoms with Crippen LogP contribution in [0.25, 0.3) is 0 Å². The number of nitrogens with zero attached hydrogens (tertiary/aromatic N) is 1. The number of carbonyl (C=O) groups is 2. The highest BCUT2D eigenvalue weighted by Gasteiger charge is 2.36. The topological polar surface area (TPSA) is 84.7 Å². The van der Waals surface area contributed by atoms with Crippen molar-refractivity contribution in [2.75, 3.05) is 32.8 Å². The van der Waals surface area contributed by atoms with Gasteiger partial charge >= 0.3 is 0 Å². The lowest BCUT2D eigenvalue weighted by atomic mass is 9.90. The maximum Gasteiger partial charge on any atom is 0.242 e. The molecule has 3 unspecified atom stereocenters. The van der Waals surface area contributed by atoms with Crippen molar-refractivity contribution in [3.8, 4) is 0 Å². The summed E-state index contributed by atoms with van der Waals surface area (Å²) in [6.45, 7) is 4.91. The first-order valence-electron chi connectivity index (χ1n) is 6.48. The van der Waals surface area contributed by atoms with E-state index in [1.807, 2.05) is 0 Å². The summed E-state index contributed by atoms with van der Waals surface area (Å²) in [6.07, 6.45) is 0.870. The van der Waals surface area contributed by atoms with E-state index in [4.69, 9.17) is 10.5 Å². The molecule has 0 aliphatic carbocycles. The first-order chi connectivity index (χ1) is 8.59. The van der Waals surface area contributed by atoms with Gasteiger partial charge in [-0.2, -0.15) is 0 Å². The molecule has 2 rings (SSSR count). The van der Waals surface area contributed by atoms with Gasteiger partial charge in [-0.05, 0) is 18.9 Å². The second-order valence-corrected chi connectivity index (χ2v) is 5.22. The van der Waals surface area contributed by atoms with E-state index in [9.17, 15) is 9.59 Å². The van der Waals surface area contributed by atoms with Gasteiger partial charge in [-0.15, -0.1) is 0 Å². The average Bonchev–Trinajstić information content (AvgIpc) is 2.38. The predicted molar refractivity (Wildman–Crippen MR) is 65.7 cm³/mol. The number of nitrogens with one attached hydrogen (secondary N) is 1. The van der Waals surface area contributed by atoms with Crippen LogP contribution in [0, 0.1) is 11.8 Å². The van der Waals surface area contributed by atoms with E-state index in [1.54, 1.807) is 4.90 Å². The van der Waals surface area contributed by atoms with Crippen LogP contribution in [0.3, 0.4) is 0 Å². The van der Waals surface area contributed by atoms with Crippen LogP contribution in [-0.2, 0) is 14.3 Å². The highest BCUT2D eigenvalue weighted by molar-refractivity contribution is 5.88. The maximum absolute atomic E-state index is 12.4. The number of hydrogen-bond donors (Lipinski definition) is 2. The molecule has 6 nitrogen and oxygen atoms in total. The predicted octanol–water partition coefficient (Wildman–Crippen LogP) is -1.06. The molecule has 2 fully saturated rings. The van der Waals surface area contributed by atoms with Crippen molar-refractivity contribution in [3.63, 3.8) is 0 Å². The number of primary amides is 1. The molecule has 2 heterocycles. The normalized spacial score (nSPS) is 33.2. The Kier molecular flexibility index (Phi) is 4.19. The average molecular weight is 255 g/mol. The fourth-order valence-corrected chi connectivity index (χ4v) is 2.68. The van der Waals surface area contributed by atoms with Gasteiger partial charge in [-0.1, -0.05) is 6.92 Å². The molecule has 0 radical (unpaired) electrons. The number of rotatable bonds is 2. The zero-order valence-corrected chi connectivity index (χ0v) is 10.7. The molecule has 3 atom stereocenters. The van der Waals surface area contributed by atoms with Crippen molar-refractivity contribution in [1.29, 1.82) is 0 Å². The lowest BCUT2D eigenvalue weighted by Gasteiger charge is -2.37. The zero-order valence-electron chi connectivity index (χ0n) is 10.7. The van der Waals surface area contributed by atoms with Crippen molar-refractivity contribution in [1.82, 2.24) is 10.2 Å². The van der Waals surface area contributed by atoms with E-state index in [0.29, 0.717) is 25.6 Å². The van der Waals surface area contributed by atoms with E-state index >= 15 is 0 Å². The summed E-state index contributed by atoms with van der Waals surface area (Å²) < 4.78 is 5.22. The van der Waals surface area contributed by atoms with Gasteiger partial charge in [0, 0.05) is 13.1 Å². The largest absolute Gasteiger partial charge is 0.377 e. The Morgan fingerprint density at radius 3 is 2.83 bits per heavy atom. The molecule has 0 aromatic heterocycles. The Balaban J connectivity index is 2.03. The number of amides is 2. The van der Waals surface area contributed by atoms with Crippen LogP contribution in [0.4, 0.5) is 0 Å². The van der Waals surface area contributed by atoms with E-state index in [2.05, 4.69) is 12.2 Å². The molecule has 2 aliphatic heterocycles. The van der Waals surface area contributed by atoms with Gasteiger partial charge in [-0.25, -0.2) is 0 Å². The van der Waals surface area contributed by atoms with Gasteiger partial charge in [0.25, 0.3) is 0 Å². The number of ether oxygens (including phenoxy) is 1. The van der Waals surface area contributed by atoms with Gasteiger partial charge < -0.3 is 20.7 Å². The van der Waals surface area contributed by atoms with Gasteiger partial charge in [0.05, 0.1) is 19.1 Å². The zero-order chi connectivity index (χ0) is 13.1. The molecule has 6 heteroatoms. The first kappa shape index (κ1) is 13.3. The van der Waals surface area contributed by atoms with E-state index in [0.717, 1.165) is 13.0 Å². The van der Waals surface area contributed by atoms with E-state index < -0.39 is 11.9 Å². The SMILES string of the molecule is CC1CNCC(C(=O)N2CCOCC2C(N)=O)C1. The number of hydrogen-bond acceptors (Lipinski definition) is 4. The Morgan fingerprint density at radius 2 is 2.17 bits per heavy atom. The highest BCUT2D eigenvalue weighted by atomic mass is 16.5. The lowest BCUT2D eigenvalue weighted by Crippen LogP contribution is -2.57. The number of nitrogens with two attached hydrogens (primary N) is 1. The van der Waals surface area contributed by atoms with Gasteiger partial charge in [0.2, 0.25) is 11.8 Å². The van der Waals surface area contributed by atoms with Crippen LogP contribution in [0.2, 0.25) is 0 Å². The number of carbonyl (C=O) groups excluding carboxylic acids is 2. The van der Waals surface area contributed by atoms with Crippen LogP contribution < -0.4 is 11.1 Å². The smallest absolute Gasteiger partial charge is 0.242 e. The summed E-state index contributed by atoms with van der Waals surface area (Å²) in [4.78, 5) is 25.4. The molecule has 0 bridgehead atoms. The molecule has 0 saturated carbocycles. The van der Waals surface area contributed by atoms with Crippen LogP contribution in [0.15, 0.2) is 0 Å². The molecule has 3 N–H and O–H groups in total. The second kappa shape index (κ2) is 5.67. The molecule has 18 heavy (non-hydrogen) atoms. The first-order valence-corrected chi connectivity index (χ1v) is 6.48. The minimum atomic E-state index is -0.608. The fourth-order valence-electron chi connectivity index (χ4n) is 2.68. The summed E-state index contributed by atoms with van der Waals surface area (Å²) in [7, 11) is 0. The van der Waals surface area contributed by atoms with Crippen molar-refractivity contribution in [2.24, 2.45) is 17.6 Å². The third-order valence-corrected chi connectivity index (χ3v) is 3.66. The van der Waals surface area contributed by atoms with Gasteiger partial charge in [0.1, 0.15) is 6.04 Å². The molecule has 102 valence electrons. The third kappa shape index (κ3) is 2.81. The molecular formula is C12H21N3O3. The quantitative estimate of drug-likeness (QED) is 0.659. The Hall–Kier alpha value is -1.14. The molecule has 2 amide bonds. The lowest BCUT2D eigenvalue weighted by molar-refractivity contribution is -0.151. The molecule has 2 saturated heterocycles. The number of morpholine rings is 1. The summed E-state index contributed by atoms with van der Waals surface area (Å²) >= 11 is 0. The molecule has 0 spiro atoms. The minimum Gasteiger partial charge on any atom is -0.377 e. The van der Waals surface area contributed by atoms with Crippen molar-refractivity contribution < 1.29 is 14.3 Å². The molecule has 2 aliphatic rings. The third-order valence-electron chi connectivity index (χ3n) is 3.66. The Morgan fingerprint density at radius 1 is 1.39 bits per heavy atom. The number of piperidine rings is 1. The highest BCUT2D eigenvalue weighted by Crippen LogP contribution is 2.20.